The first kappa shape index (κ1) is 9.86. The van der Waals surface area contributed by atoms with Crippen LogP contribution >= 0.6 is 21.8 Å². The van der Waals surface area contributed by atoms with Gasteiger partial charge >= 0.3 is 5.63 Å². The summed E-state index contributed by atoms with van der Waals surface area (Å²) >= 11 is 0. The highest BCUT2D eigenvalue weighted by Gasteiger charge is 2.13. The van der Waals surface area contributed by atoms with Crippen LogP contribution in [-0.2, 0) is 0 Å². The molecule has 2 heterocycles. The number of hydrogen-bond donors (Lipinski definition) is 1. The van der Waals surface area contributed by atoms with Crippen LogP contribution in [0.2, 0.25) is 0 Å². The molecular formula is C11H7NO2S2. The first-order valence-corrected chi connectivity index (χ1v) is 6.88. The molecule has 0 radical (unpaired) electrons. The molecule has 0 unspecified atom stereocenters. The highest BCUT2D eigenvalue weighted by Crippen LogP contribution is 2.32. The Balaban J connectivity index is 2.25. The molecule has 0 spiro atoms. The molecule has 3 rings (SSSR count). The zero-order valence-corrected chi connectivity index (χ0v) is 9.73. The van der Waals surface area contributed by atoms with Crippen molar-refractivity contribution in [2.45, 2.75) is 0 Å². The van der Waals surface area contributed by atoms with Gasteiger partial charge in [-0.3, -0.25) is 0 Å². The van der Waals surface area contributed by atoms with Crippen LogP contribution in [0, 0.1) is 0 Å². The van der Waals surface area contributed by atoms with Gasteiger partial charge in [-0.1, -0.05) is 18.2 Å². The molecule has 0 saturated carbocycles. The number of rotatable bonds is 1. The minimum atomic E-state index is -0.305. The smallest absolute Gasteiger partial charge is 0.345 e. The van der Waals surface area contributed by atoms with Gasteiger partial charge in [-0.15, -0.1) is 0 Å². The summed E-state index contributed by atoms with van der Waals surface area (Å²) < 4.78 is 8.31. The van der Waals surface area contributed by atoms with E-state index in [0.717, 1.165) is 11.1 Å². The average Bonchev–Trinajstić information content (AvgIpc) is 2.81. The number of hydrogen-bond acceptors (Lipinski definition) is 5. The van der Waals surface area contributed by atoms with Crippen molar-refractivity contribution >= 4 is 38.4 Å². The van der Waals surface area contributed by atoms with Crippen LogP contribution in [0.4, 0.5) is 0 Å². The molecule has 1 aromatic carbocycles. The van der Waals surface area contributed by atoms with Gasteiger partial charge in [0.25, 0.3) is 0 Å². The molecule has 0 aliphatic carbocycles. The van der Waals surface area contributed by atoms with Gasteiger partial charge < -0.3 is 9.14 Å². The third-order valence-corrected chi connectivity index (χ3v) is 3.86. The quantitative estimate of drug-likeness (QED) is 0.478. The highest BCUT2D eigenvalue weighted by atomic mass is 33.1. The summed E-state index contributed by atoms with van der Waals surface area (Å²) in [5.41, 5.74) is 1.71. The predicted molar refractivity (Wildman–Crippen MR) is 68.8 cm³/mol. The number of para-hydroxylation sites is 1. The van der Waals surface area contributed by atoms with Crippen molar-refractivity contribution in [1.82, 2.24) is 4.72 Å². The van der Waals surface area contributed by atoms with Gasteiger partial charge in [0.2, 0.25) is 0 Å². The normalized spacial score (nSPS) is 14.9. The Morgan fingerprint density at radius 1 is 1.25 bits per heavy atom. The van der Waals surface area contributed by atoms with Crippen molar-refractivity contribution in [2.75, 3.05) is 0 Å². The second kappa shape index (κ2) is 3.92. The molecule has 0 fully saturated rings. The molecule has 0 saturated heterocycles. The Morgan fingerprint density at radius 2 is 2.12 bits per heavy atom. The molecule has 1 aromatic heterocycles. The van der Waals surface area contributed by atoms with Gasteiger partial charge in [-0.05, 0) is 22.9 Å². The zero-order valence-electron chi connectivity index (χ0n) is 8.10. The molecule has 1 N–H and O–H groups in total. The Hall–Kier alpha value is -1.33. The monoisotopic (exact) mass is 249 g/mol. The lowest BCUT2D eigenvalue weighted by atomic mass is 10.1. The van der Waals surface area contributed by atoms with E-state index >= 15 is 0 Å². The van der Waals surface area contributed by atoms with Crippen molar-refractivity contribution in [3.63, 3.8) is 0 Å². The van der Waals surface area contributed by atoms with E-state index in [2.05, 4.69) is 4.72 Å². The van der Waals surface area contributed by atoms with E-state index in [-0.39, 0.29) is 5.63 Å². The molecular weight excluding hydrogens is 242 g/mol. The van der Waals surface area contributed by atoms with E-state index in [1.54, 1.807) is 16.9 Å². The molecule has 1 aliphatic heterocycles. The van der Waals surface area contributed by atoms with Crippen LogP contribution in [0.25, 0.3) is 16.7 Å². The molecule has 0 bridgehead atoms. The van der Waals surface area contributed by atoms with Crippen LogP contribution in [0.5, 0.6) is 0 Å². The second-order valence-electron chi connectivity index (χ2n) is 3.30. The topological polar surface area (TPSA) is 42.2 Å². The SMILES string of the molecule is O=c1oc2ccccc2cc1C1=CSSN1. The van der Waals surface area contributed by atoms with Gasteiger partial charge in [0.1, 0.15) is 5.58 Å². The standard InChI is InChI=1S/C11H7NO2S2/c13-11-8(9-6-15-16-12-9)5-7-3-1-2-4-10(7)14-11/h1-6,12H. The van der Waals surface area contributed by atoms with Crippen LogP contribution in [0.3, 0.4) is 0 Å². The molecule has 0 atom stereocenters. The first-order chi connectivity index (χ1) is 7.84. The molecule has 80 valence electrons. The van der Waals surface area contributed by atoms with Gasteiger partial charge in [0.15, 0.2) is 0 Å². The predicted octanol–water partition coefficient (Wildman–Crippen LogP) is 2.99. The van der Waals surface area contributed by atoms with Crippen molar-refractivity contribution in [1.29, 1.82) is 0 Å². The Labute approximate surface area is 99.4 Å². The number of fused-ring (bicyclic) bond motifs is 1. The summed E-state index contributed by atoms with van der Waals surface area (Å²) in [6, 6.07) is 9.35. The largest absolute Gasteiger partial charge is 0.422 e. The van der Waals surface area contributed by atoms with E-state index in [1.165, 1.54) is 11.0 Å². The third kappa shape index (κ3) is 1.62. The maximum Gasteiger partial charge on any atom is 0.345 e. The van der Waals surface area contributed by atoms with Gasteiger partial charge in [0.05, 0.1) is 11.3 Å². The summed E-state index contributed by atoms with van der Waals surface area (Å²) in [5, 5.41) is 2.84. The van der Waals surface area contributed by atoms with Gasteiger partial charge in [0, 0.05) is 21.8 Å². The lowest BCUT2D eigenvalue weighted by Gasteiger charge is -2.02. The van der Waals surface area contributed by atoms with Crippen molar-refractivity contribution < 1.29 is 4.42 Å². The van der Waals surface area contributed by atoms with Crippen molar-refractivity contribution in [3.05, 3.63) is 51.7 Å². The fourth-order valence-corrected chi connectivity index (χ4v) is 3.09. The fraction of sp³-hybridized carbons (Fsp3) is 0. The van der Waals surface area contributed by atoms with E-state index in [9.17, 15) is 4.79 Å². The molecule has 5 heteroatoms. The van der Waals surface area contributed by atoms with E-state index < -0.39 is 0 Å². The van der Waals surface area contributed by atoms with E-state index in [4.69, 9.17) is 4.42 Å². The van der Waals surface area contributed by atoms with E-state index in [0.29, 0.717) is 11.1 Å². The summed E-state index contributed by atoms with van der Waals surface area (Å²) in [6.45, 7) is 0. The van der Waals surface area contributed by atoms with Crippen LogP contribution in [0.15, 0.2) is 45.0 Å². The third-order valence-electron chi connectivity index (χ3n) is 2.30. The fourth-order valence-electron chi connectivity index (χ4n) is 1.53. The summed E-state index contributed by atoms with van der Waals surface area (Å²) in [6.07, 6.45) is 0. The molecule has 0 amide bonds. The van der Waals surface area contributed by atoms with Crippen LogP contribution in [-0.4, -0.2) is 0 Å². The van der Waals surface area contributed by atoms with Crippen molar-refractivity contribution in [2.24, 2.45) is 0 Å². The molecule has 16 heavy (non-hydrogen) atoms. The Kier molecular flexibility index (Phi) is 2.41. The van der Waals surface area contributed by atoms with Crippen LogP contribution in [0.1, 0.15) is 5.56 Å². The molecule has 1 aliphatic rings. The van der Waals surface area contributed by atoms with Gasteiger partial charge in [-0.25, -0.2) is 4.79 Å². The first-order valence-electron chi connectivity index (χ1n) is 4.66. The van der Waals surface area contributed by atoms with Gasteiger partial charge in [-0.2, -0.15) is 0 Å². The summed E-state index contributed by atoms with van der Waals surface area (Å²) in [4.78, 5) is 11.8. The lowest BCUT2D eigenvalue weighted by molar-refractivity contribution is 0.558. The Morgan fingerprint density at radius 3 is 2.94 bits per heavy atom. The average molecular weight is 249 g/mol. The highest BCUT2D eigenvalue weighted by molar-refractivity contribution is 8.77. The Bertz CT molecular complexity index is 633. The lowest BCUT2D eigenvalue weighted by Crippen LogP contribution is -2.10. The molecule has 2 aromatic rings. The van der Waals surface area contributed by atoms with Crippen molar-refractivity contribution in [3.8, 4) is 0 Å². The maximum absolute atomic E-state index is 11.8. The summed E-state index contributed by atoms with van der Waals surface area (Å²) in [7, 11) is 3.04. The van der Waals surface area contributed by atoms with Crippen LogP contribution < -0.4 is 10.3 Å². The number of benzene rings is 1. The zero-order chi connectivity index (χ0) is 11.0. The van der Waals surface area contributed by atoms with E-state index in [1.807, 2.05) is 29.7 Å². The maximum atomic E-state index is 11.8. The minimum absolute atomic E-state index is 0.305. The molecule has 3 nitrogen and oxygen atoms in total. The number of nitrogens with one attached hydrogen (secondary N) is 1. The second-order valence-corrected chi connectivity index (χ2v) is 5.17. The summed E-state index contributed by atoms with van der Waals surface area (Å²) in [5.74, 6) is 0. The minimum Gasteiger partial charge on any atom is -0.422 e.